The second-order valence-electron chi connectivity index (χ2n) is 7.74. The zero-order chi connectivity index (χ0) is 18.1. The van der Waals surface area contributed by atoms with Crippen molar-refractivity contribution in [1.29, 1.82) is 0 Å². The summed E-state index contributed by atoms with van der Waals surface area (Å²) in [6.07, 6.45) is 3.96. The average Bonchev–Trinajstić information content (AvgIpc) is 2.61. The summed E-state index contributed by atoms with van der Waals surface area (Å²) in [5.74, 6) is 2.70. The highest BCUT2D eigenvalue weighted by Crippen LogP contribution is 2.22. The summed E-state index contributed by atoms with van der Waals surface area (Å²) in [5, 5.41) is 6.50. The summed E-state index contributed by atoms with van der Waals surface area (Å²) in [6.45, 7) is 10.1. The molecule has 1 aliphatic heterocycles. The van der Waals surface area contributed by atoms with Crippen LogP contribution in [0.3, 0.4) is 0 Å². The van der Waals surface area contributed by atoms with E-state index in [9.17, 15) is 4.79 Å². The summed E-state index contributed by atoms with van der Waals surface area (Å²) in [7, 11) is 0. The first kappa shape index (κ1) is 19.8. The third kappa shape index (κ3) is 7.47. The minimum atomic E-state index is 0.176. The van der Waals surface area contributed by atoms with Crippen LogP contribution in [0.4, 0.5) is 0 Å². The average molecular weight is 347 g/mol. The number of amides is 1. The molecule has 25 heavy (non-hydrogen) atoms. The molecule has 0 radical (unpaired) electrons. The van der Waals surface area contributed by atoms with Gasteiger partial charge in [-0.2, -0.15) is 0 Å². The molecule has 0 spiro atoms. The van der Waals surface area contributed by atoms with Gasteiger partial charge < -0.3 is 15.4 Å². The van der Waals surface area contributed by atoms with Gasteiger partial charge in [0, 0.05) is 13.0 Å². The van der Waals surface area contributed by atoms with Crippen molar-refractivity contribution >= 4 is 5.91 Å². The fourth-order valence-electron chi connectivity index (χ4n) is 3.26. The Balaban J connectivity index is 1.64. The van der Waals surface area contributed by atoms with Crippen LogP contribution in [0.5, 0.6) is 5.75 Å². The molecule has 1 fully saturated rings. The van der Waals surface area contributed by atoms with Crippen molar-refractivity contribution in [2.45, 2.75) is 46.5 Å². The molecule has 4 nitrogen and oxygen atoms in total. The van der Waals surface area contributed by atoms with Gasteiger partial charge in [0.2, 0.25) is 5.91 Å². The zero-order valence-corrected chi connectivity index (χ0v) is 16.0. The second kappa shape index (κ2) is 10.4. The number of ether oxygens (including phenoxy) is 1. The lowest BCUT2D eigenvalue weighted by molar-refractivity contribution is -0.122. The smallest absolute Gasteiger partial charge is 0.220 e. The van der Waals surface area contributed by atoms with Gasteiger partial charge >= 0.3 is 0 Å². The number of piperidine rings is 1. The first-order valence-corrected chi connectivity index (χ1v) is 9.73. The van der Waals surface area contributed by atoms with Gasteiger partial charge in [0.25, 0.3) is 0 Å². The third-order valence-corrected chi connectivity index (χ3v) is 4.89. The molecule has 2 unspecified atom stereocenters. The van der Waals surface area contributed by atoms with Crippen LogP contribution in [0.2, 0.25) is 0 Å². The topological polar surface area (TPSA) is 50.4 Å². The molecule has 1 saturated heterocycles. The van der Waals surface area contributed by atoms with E-state index in [4.69, 9.17) is 4.74 Å². The molecule has 2 rings (SSSR count). The zero-order valence-electron chi connectivity index (χ0n) is 16.0. The van der Waals surface area contributed by atoms with Crippen molar-refractivity contribution in [3.63, 3.8) is 0 Å². The summed E-state index contributed by atoms with van der Waals surface area (Å²) in [5.41, 5.74) is 1.22. The monoisotopic (exact) mass is 346 g/mol. The van der Waals surface area contributed by atoms with Crippen molar-refractivity contribution in [2.24, 2.45) is 17.8 Å². The van der Waals surface area contributed by atoms with Crippen molar-refractivity contribution in [1.82, 2.24) is 10.6 Å². The molecule has 0 aromatic heterocycles. The highest BCUT2D eigenvalue weighted by atomic mass is 16.5. The molecule has 0 saturated carbocycles. The number of carbonyl (C=O) groups excluding carboxylic acids is 1. The molecule has 1 aliphatic rings. The van der Waals surface area contributed by atoms with Crippen LogP contribution < -0.4 is 15.4 Å². The maximum Gasteiger partial charge on any atom is 0.220 e. The SMILES string of the molecule is CC(C)COc1ccc(CCNC(=O)CC(C)C2CCCNC2)cc1. The van der Waals surface area contributed by atoms with Crippen LogP contribution >= 0.6 is 0 Å². The van der Waals surface area contributed by atoms with Gasteiger partial charge in [0.1, 0.15) is 5.75 Å². The van der Waals surface area contributed by atoms with Gasteiger partial charge in [-0.05, 0) is 67.8 Å². The normalized spacial score (nSPS) is 18.8. The summed E-state index contributed by atoms with van der Waals surface area (Å²) in [4.78, 5) is 12.1. The Kier molecular flexibility index (Phi) is 8.26. The molecule has 0 bridgehead atoms. The first-order chi connectivity index (χ1) is 12.0. The highest BCUT2D eigenvalue weighted by molar-refractivity contribution is 5.76. The van der Waals surface area contributed by atoms with E-state index in [-0.39, 0.29) is 5.91 Å². The van der Waals surface area contributed by atoms with E-state index in [1.54, 1.807) is 0 Å². The fourth-order valence-corrected chi connectivity index (χ4v) is 3.26. The van der Waals surface area contributed by atoms with Crippen LogP contribution in [0.25, 0.3) is 0 Å². The number of benzene rings is 1. The van der Waals surface area contributed by atoms with Crippen molar-refractivity contribution in [2.75, 3.05) is 26.2 Å². The van der Waals surface area contributed by atoms with E-state index in [0.29, 0.717) is 30.7 Å². The Labute approximate surface area is 152 Å². The van der Waals surface area contributed by atoms with Crippen molar-refractivity contribution in [3.8, 4) is 5.75 Å². The van der Waals surface area contributed by atoms with Crippen LogP contribution in [0.15, 0.2) is 24.3 Å². The van der Waals surface area contributed by atoms with E-state index in [1.807, 2.05) is 12.1 Å². The largest absolute Gasteiger partial charge is 0.493 e. The molecular weight excluding hydrogens is 312 g/mol. The van der Waals surface area contributed by atoms with Crippen LogP contribution in [0.1, 0.15) is 45.6 Å². The third-order valence-electron chi connectivity index (χ3n) is 4.89. The molecule has 1 aromatic carbocycles. The van der Waals surface area contributed by atoms with E-state index in [1.165, 1.54) is 18.4 Å². The second-order valence-corrected chi connectivity index (χ2v) is 7.74. The maximum absolute atomic E-state index is 12.1. The first-order valence-electron chi connectivity index (χ1n) is 9.73. The highest BCUT2D eigenvalue weighted by Gasteiger charge is 2.21. The molecule has 1 amide bonds. The van der Waals surface area contributed by atoms with Gasteiger partial charge in [-0.3, -0.25) is 4.79 Å². The fraction of sp³-hybridized carbons (Fsp3) is 0.667. The van der Waals surface area contributed by atoms with Crippen LogP contribution in [-0.4, -0.2) is 32.1 Å². The molecule has 2 N–H and O–H groups in total. The predicted octanol–water partition coefficient (Wildman–Crippen LogP) is 3.41. The lowest BCUT2D eigenvalue weighted by atomic mass is 9.85. The predicted molar refractivity (Wildman–Crippen MR) is 103 cm³/mol. The van der Waals surface area contributed by atoms with E-state index in [2.05, 4.69) is 43.5 Å². The van der Waals surface area contributed by atoms with Crippen LogP contribution in [0, 0.1) is 17.8 Å². The Morgan fingerprint density at radius 2 is 2.04 bits per heavy atom. The number of rotatable bonds is 9. The summed E-state index contributed by atoms with van der Waals surface area (Å²) >= 11 is 0. The van der Waals surface area contributed by atoms with Crippen molar-refractivity contribution < 1.29 is 9.53 Å². The summed E-state index contributed by atoms with van der Waals surface area (Å²) in [6, 6.07) is 8.19. The lowest BCUT2D eigenvalue weighted by Crippen LogP contribution is -2.36. The molecule has 2 atom stereocenters. The van der Waals surface area contributed by atoms with Gasteiger partial charge in [0.15, 0.2) is 0 Å². The van der Waals surface area contributed by atoms with E-state index < -0.39 is 0 Å². The standard InChI is InChI=1S/C21H34N2O2/c1-16(2)15-25-20-8-6-18(7-9-20)10-12-23-21(24)13-17(3)19-5-4-11-22-14-19/h6-9,16-17,19,22H,4-5,10-15H2,1-3H3,(H,23,24). The lowest BCUT2D eigenvalue weighted by Gasteiger charge is -2.28. The molecular formula is C21H34N2O2. The Bertz CT molecular complexity index is 507. The quantitative estimate of drug-likeness (QED) is 0.720. The van der Waals surface area contributed by atoms with Gasteiger partial charge in [0.05, 0.1) is 6.61 Å². The van der Waals surface area contributed by atoms with E-state index in [0.717, 1.165) is 31.9 Å². The molecule has 0 aliphatic carbocycles. The van der Waals surface area contributed by atoms with Gasteiger partial charge in [-0.15, -0.1) is 0 Å². The molecule has 4 heteroatoms. The van der Waals surface area contributed by atoms with E-state index >= 15 is 0 Å². The summed E-state index contributed by atoms with van der Waals surface area (Å²) < 4.78 is 5.69. The number of carbonyl (C=O) groups is 1. The van der Waals surface area contributed by atoms with Crippen LogP contribution in [-0.2, 0) is 11.2 Å². The Morgan fingerprint density at radius 3 is 2.68 bits per heavy atom. The molecule has 1 aromatic rings. The van der Waals surface area contributed by atoms with Gasteiger partial charge in [-0.25, -0.2) is 0 Å². The minimum absolute atomic E-state index is 0.176. The number of hydrogen-bond donors (Lipinski definition) is 2. The van der Waals surface area contributed by atoms with Crippen molar-refractivity contribution in [3.05, 3.63) is 29.8 Å². The number of hydrogen-bond acceptors (Lipinski definition) is 3. The molecule has 1 heterocycles. The van der Waals surface area contributed by atoms with Gasteiger partial charge in [-0.1, -0.05) is 32.9 Å². The molecule has 140 valence electrons. The Hall–Kier alpha value is -1.55. The number of nitrogens with one attached hydrogen (secondary N) is 2. The Morgan fingerprint density at radius 1 is 1.28 bits per heavy atom. The maximum atomic E-state index is 12.1. The minimum Gasteiger partial charge on any atom is -0.493 e.